The van der Waals surface area contributed by atoms with Gasteiger partial charge in [0.2, 0.25) is 0 Å². The van der Waals surface area contributed by atoms with Crippen molar-refractivity contribution < 1.29 is 0 Å². The number of aromatic nitrogens is 2. The van der Waals surface area contributed by atoms with Crippen LogP contribution in [-0.2, 0) is 6.54 Å². The average molecular weight is 254 g/mol. The van der Waals surface area contributed by atoms with Crippen molar-refractivity contribution in [1.29, 1.82) is 0 Å². The zero-order valence-electron chi connectivity index (χ0n) is 10.9. The van der Waals surface area contributed by atoms with Crippen molar-refractivity contribution in [2.45, 2.75) is 20.4 Å². The maximum atomic E-state index is 12.0. The van der Waals surface area contributed by atoms with Crippen LogP contribution in [0.3, 0.4) is 0 Å². The summed E-state index contributed by atoms with van der Waals surface area (Å²) in [7, 11) is 0. The Morgan fingerprint density at radius 2 is 1.95 bits per heavy atom. The maximum Gasteiger partial charge on any atom is 0.321 e. The third kappa shape index (κ3) is 2.66. The fraction of sp³-hybridized carbons (Fsp3) is 0.200. The first-order valence-electron chi connectivity index (χ1n) is 5.92. The Morgan fingerprint density at radius 3 is 2.63 bits per heavy atom. The Bertz CT molecular complexity index is 773. The molecule has 0 radical (unpaired) electrons. The van der Waals surface area contributed by atoms with Crippen molar-refractivity contribution in [2.75, 3.05) is 0 Å². The summed E-state index contributed by atoms with van der Waals surface area (Å²) in [5.41, 5.74) is 0.596. The summed E-state index contributed by atoms with van der Waals surface area (Å²) in [4.78, 5) is 24.0. The van der Waals surface area contributed by atoms with E-state index in [1.54, 1.807) is 25.4 Å². The van der Waals surface area contributed by atoms with Crippen LogP contribution >= 0.6 is 0 Å². The summed E-state index contributed by atoms with van der Waals surface area (Å²) in [5, 5.41) is 0. The molecule has 0 spiro atoms. The SMILES string of the molecule is CC#CCn1ccn(-c2cccc(C)c2)c(=O)c1=O. The molecule has 1 aromatic heterocycles. The van der Waals surface area contributed by atoms with E-state index in [9.17, 15) is 9.59 Å². The Balaban J connectivity index is 2.55. The standard InChI is InChI=1S/C15H14N2O2/c1-3-4-8-16-9-10-17(15(19)14(16)18)13-7-5-6-12(2)11-13/h5-7,9-11H,8H2,1-2H3. The van der Waals surface area contributed by atoms with E-state index in [1.165, 1.54) is 9.13 Å². The summed E-state index contributed by atoms with van der Waals surface area (Å²) < 4.78 is 2.66. The lowest BCUT2D eigenvalue weighted by Crippen LogP contribution is -2.39. The Labute approximate surface area is 110 Å². The van der Waals surface area contributed by atoms with Gasteiger partial charge in [0.15, 0.2) is 0 Å². The molecule has 4 nitrogen and oxygen atoms in total. The molecule has 2 rings (SSSR count). The third-order valence-corrected chi connectivity index (χ3v) is 2.76. The van der Waals surface area contributed by atoms with Crippen LogP contribution in [0.4, 0.5) is 0 Å². The van der Waals surface area contributed by atoms with Crippen molar-refractivity contribution in [1.82, 2.24) is 9.13 Å². The van der Waals surface area contributed by atoms with Gasteiger partial charge in [-0.1, -0.05) is 18.1 Å². The van der Waals surface area contributed by atoms with E-state index in [0.29, 0.717) is 5.69 Å². The van der Waals surface area contributed by atoms with Gasteiger partial charge in [-0.2, -0.15) is 0 Å². The van der Waals surface area contributed by atoms with Crippen LogP contribution in [0, 0.1) is 18.8 Å². The van der Waals surface area contributed by atoms with Gasteiger partial charge >= 0.3 is 11.1 Å². The number of rotatable bonds is 2. The molecule has 0 N–H and O–H groups in total. The normalized spacial score (nSPS) is 9.79. The lowest BCUT2D eigenvalue weighted by Gasteiger charge is -2.07. The molecule has 0 aliphatic rings. The van der Waals surface area contributed by atoms with Crippen LogP contribution in [-0.4, -0.2) is 9.13 Å². The van der Waals surface area contributed by atoms with Crippen LogP contribution in [0.5, 0.6) is 0 Å². The molecule has 0 fully saturated rings. The van der Waals surface area contributed by atoms with Gasteiger partial charge in [-0.05, 0) is 31.5 Å². The van der Waals surface area contributed by atoms with Crippen molar-refractivity contribution >= 4 is 0 Å². The summed E-state index contributed by atoms with van der Waals surface area (Å²) >= 11 is 0. The predicted molar refractivity (Wildman–Crippen MR) is 74.5 cm³/mol. The van der Waals surface area contributed by atoms with E-state index in [2.05, 4.69) is 11.8 Å². The summed E-state index contributed by atoms with van der Waals surface area (Å²) in [6.07, 6.45) is 3.17. The lowest BCUT2D eigenvalue weighted by atomic mass is 10.2. The lowest BCUT2D eigenvalue weighted by molar-refractivity contribution is 0.744. The summed E-state index contributed by atoms with van der Waals surface area (Å²) in [6, 6.07) is 7.44. The molecule has 96 valence electrons. The molecule has 19 heavy (non-hydrogen) atoms. The highest BCUT2D eigenvalue weighted by Crippen LogP contribution is 2.06. The predicted octanol–water partition coefficient (Wildman–Crippen LogP) is 1.33. The van der Waals surface area contributed by atoms with Gasteiger partial charge in [-0.25, -0.2) is 0 Å². The van der Waals surface area contributed by atoms with E-state index >= 15 is 0 Å². The fourth-order valence-electron chi connectivity index (χ4n) is 1.78. The number of hydrogen-bond acceptors (Lipinski definition) is 2. The Kier molecular flexibility index (Phi) is 3.67. The molecular weight excluding hydrogens is 240 g/mol. The largest absolute Gasteiger partial charge is 0.321 e. The third-order valence-electron chi connectivity index (χ3n) is 2.76. The van der Waals surface area contributed by atoms with E-state index in [-0.39, 0.29) is 6.54 Å². The molecule has 0 atom stereocenters. The molecule has 2 aromatic rings. The maximum absolute atomic E-state index is 12.0. The van der Waals surface area contributed by atoms with Crippen LogP contribution in [0.1, 0.15) is 12.5 Å². The minimum Gasteiger partial charge on any atom is -0.298 e. The highest BCUT2D eigenvalue weighted by molar-refractivity contribution is 5.35. The molecule has 0 aliphatic heterocycles. The van der Waals surface area contributed by atoms with Gasteiger partial charge in [0.25, 0.3) is 0 Å². The van der Waals surface area contributed by atoms with Gasteiger partial charge in [0.1, 0.15) is 0 Å². The molecule has 0 unspecified atom stereocenters. The van der Waals surface area contributed by atoms with Gasteiger partial charge in [0.05, 0.1) is 6.54 Å². The van der Waals surface area contributed by atoms with Crippen molar-refractivity contribution in [2.24, 2.45) is 0 Å². The second-order valence-electron chi connectivity index (χ2n) is 4.17. The topological polar surface area (TPSA) is 44.0 Å². The average Bonchev–Trinajstić information content (AvgIpc) is 2.40. The molecule has 0 bridgehead atoms. The fourth-order valence-corrected chi connectivity index (χ4v) is 1.78. The van der Waals surface area contributed by atoms with Crippen LogP contribution in [0.25, 0.3) is 5.69 Å². The molecule has 4 heteroatoms. The Morgan fingerprint density at radius 1 is 1.16 bits per heavy atom. The molecule has 1 heterocycles. The molecule has 0 saturated heterocycles. The molecular formula is C15H14N2O2. The molecule has 0 amide bonds. The number of benzene rings is 1. The smallest absolute Gasteiger partial charge is 0.298 e. The van der Waals surface area contributed by atoms with Crippen molar-refractivity contribution in [3.63, 3.8) is 0 Å². The van der Waals surface area contributed by atoms with Gasteiger partial charge in [0, 0.05) is 18.1 Å². The zero-order chi connectivity index (χ0) is 13.8. The van der Waals surface area contributed by atoms with Crippen LogP contribution in [0.2, 0.25) is 0 Å². The quantitative estimate of drug-likeness (QED) is 0.599. The van der Waals surface area contributed by atoms with Gasteiger partial charge in [-0.3, -0.25) is 18.7 Å². The van der Waals surface area contributed by atoms with E-state index < -0.39 is 11.1 Å². The zero-order valence-corrected chi connectivity index (χ0v) is 10.9. The van der Waals surface area contributed by atoms with Crippen molar-refractivity contribution in [3.8, 4) is 17.5 Å². The van der Waals surface area contributed by atoms with Crippen molar-refractivity contribution in [3.05, 3.63) is 62.9 Å². The molecule has 1 aromatic carbocycles. The minimum atomic E-state index is -0.564. The highest BCUT2D eigenvalue weighted by atomic mass is 16.2. The number of hydrogen-bond donors (Lipinski definition) is 0. The number of nitrogens with zero attached hydrogens (tertiary/aromatic N) is 2. The van der Waals surface area contributed by atoms with Crippen LogP contribution in [0.15, 0.2) is 46.2 Å². The van der Waals surface area contributed by atoms with E-state index in [0.717, 1.165) is 5.56 Å². The second kappa shape index (κ2) is 5.40. The first-order valence-corrected chi connectivity index (χ1v) is 5.92. The molecule has 0 aliphatic carbocycles. The minimum absolute atomic E-state index is 0.235. The highest BCUT2D eigenvalue weighted by Gasteiger charge is 2.05. The van der Waals surface area contributed by atoms with E-state index in [4.69, 9.17) is 0 Å². The second-order valence-corrected chi connectivity index (χ2v) is 4.17. The molecule has 0 saturated carbocycles. The first-order chi connectivity index (χ1) is 9.13. The summed E-state index contributed by atoms with van der Waals surface area (Å²) in [6.45, 7) is 3.87. The Hall–Kier alpha value is -2.54. The number of aryl methyl sites for hydroxylation is 1. The van der Waals surface area contributed by atoms with E-state index in [1.807, 2.05) is 25.1 Å². The van der Waals surface area contributed by atoms with Gasteiger partial charge in [-0.15, -0.1) is 5.92 Å². The first kappa shape index (κ1) is 12.9. The van der Waals surface area contributed by atoms with Gasteiger partial charge < -0.3 is 0 Å². The monoisotopic (exact) mass is 254 g/mol. The summed E-state index contributed by atoms with van der Waals surface area (Å²) in [5.74, 6) is 5.46. The van der Waals surface area contributed by atoms with Crippen LogP contribution < -0.4 is 11.1 Å².